The van der Waals surface area contributed by atoms with Crippen LogP contribution in [-0.2, 0) is 9.53 Å². The molecule has 0 heterocycles. The molecule has 0 aliphatic carbocycles. The van der Waals surface area contributed by atoms with Gasteiger partial charge >= 0.3 is 5.97 Å². The van der Waals surface area contributed by atoms with E-state index in [4.69, 9.17) is 4.74 Å². The summed E-state index contributed by atoms with van der Waals surface area (Å²) >= 11 is 0. The summed E-state index contributed by atoms with van der Waals surface area (Å²) in [6.45, 7) is 6.92. The number of carbonyl (C=O) groups is 2. The number of Topliss-reactive ketones (excluding diaryl/α,β-unsaturated/α-hetero) is 1. The van der Waals surface area contributed by atoms with Gasteiger partial charge in [-0.15, -0.1) is 0 Å². The van der Waals surface area contributed by atoms with Crippen molar-refractivity contribution in [2.45, 2.75) is 33.3 Å². The molecule has 1 rings (SSSR count). The van der Waals surface area contributed by atoms with Crippen LogP contribution in [0, 0.1) is 5.92 Å². The van der Waals surface area contributed by atoms with Crippen LogP contribution in [0.25, 0.3) is 0 Å². The van der Waals surface area contributed by atoms with Crippen molar-refractivity contribution in [2.75, 3.05) is 0 Å². The summed E-state index contributed by atoms with van der Waals surface area (Å²) in [7, 11) is 0. The van der Waals surface area contributed by atoms with Crippen molar-refractivity contribution in [1.82, 2.24) is 0 Å². The predicted octanol–water partition coefficient (Wildman–Crippen LogP) is 2.85. The summed E-state index contributed by atoms with van der Waals surface area (Å²) in [6, 6.07) is 8.77. The zero-order valence-corrected chi connectivity index (χ0v) is 10.7. The number of carbonyl (C=O) groups excluding carboxylic acids is 2. The highest BCUT2D eigenvalue weighted by Crippen LogP contribution is 2.15. The molecule has 0 N–H and O–H groups in total. The Morgan fingerprint density at radius 1 is 1.12 bits per heavy atom. The van der Waals surface area contributed by atoms with Gasteiger partial charge in [0.05, 0.1) is 0 Å². The highest BCUT2D eigenvalue weighted by atomic mass is 16.6. The van der Waals surface area contributed by atoms with Gasteiger partial charge in [-0.1, -0.05) is 30.3 Å². The second-order valence-corrected chi connectivity index (χ2v) is 4.99. The molecule has 17 heavy (non-hydrogen) atoms. The topological polar surface area (TPSA) is 43.4 Å². The lowest BCUT2D eigenvalue weighted by atomic mass is 9.99. The van der Waals surface area contributed by atoms with E-state index in [1.165, 1.54) is 0 Å². The largest absolute Gasteiger partial charge is 0.459 e. The van der Waals surface area contributed by atoms with E-state index in [0.717, 1.165) is 0 Å². The summed E-state index contributed by atoms with van der Waals surface area (Å²) in [6.07, 6.45) is 0. The second kappa shape index (κ2) is 5.13. The van der Waals surface area contributed by atoms with Crippen LogP contribution >= 0.6 is 0 Å². The molecule has 0 aliphatic heterocycles. The molecule has 0 fully saturated rings. The Hall–Kier alpha value is -1.64. The molecule has 1 aromatic carbocycles. The van der Waals surface area contributed by atoms with Gasteiger partial charge in [0.2, 0.25) is 0 Å². The van der Waals surface area contributed by atoms with Gasteiger partial charge in [-0.05, 0) is 27.7 Å². The van der Waals surface area contributed by atoms with Gasteiger partial charge in [0.1, 0.15) is 11.5 Å². The summed E-state index contributed by atoms with van der Waals surface area (Å²) in [5.74, 6) is -1.46. The maximum atomic E-state index is 12.0. The van der Waals surface area contributed by atoms with Crippen LogP contribution < -0.4 is 0 Å². The van der Waals surface area contributed by atoms with Crippen LogP contribution in [0.2, 0.25) is 0 Å². The quantitative estimate of drug-likeness (QED) is 0.459. The van der Waals surface area contributed by atoms with Gasteiger partial charge in [-0.25, -0.2) is 0 Å². The predicted molar refractivity (Wildman–Crippen MR) is 65.8 cm³/mol. The minimum absolute atomic E-state index is 0.208. The minimum Gasteiger partial charge on any atom is -0.459 e. The number of hydrogen-bond donors (Lipinski definition) is 0. The first kappa shape index (κ1) is 13.4. The first-order valence-electron chi connectivity index (χ1n) is 5.63. The molecule has 3 heteroatoms. The molecule has 3 nitrogen and oxygen atoms in total. The maximum Gasteiger partial charge on any atom is 0.317 e. The lowest BCUT2D eigenvalue weighted by Crippen LogP contribution is -2.31. The number of ether oxygens (including phenoxy) is 1. The first-order chi connectivity index (χ1) is 7.81. The van der Waals surface area contributed by atoms with Crippen LogP contribution in [0.5, 0.6) is 0 Å². The SMILES string of the molecule is C[C@@H](C(=O)OC(C)(C)C)C(=O)c1ccccc1. The molecular formula is C14H18O3. The average molecular weight is 234 g/mol. The highest BCUT2D eigenvalue weighted by Gasteiger charge is 2.27. The van der Waals surface area contributed by atoms with Crippen molar-refractivity contribution in [3.05, 3.63) is 35.9 Å². The number of rotatable bonds is 3. The number of benzene rings is 1. The molecule has 0 saturated heterocycles. The van der Waals surface area contributed by atoms with E-state index >= 15 is 0 Å². The summed E-state index contributed by atoms with van der Waals surface area (Å²) < 4.78 is 5.18. The van der Waals surface area contributed by atoms with Gasteiger partial charge in [-0.3, -0.25) is 9.59 Å². The van der Waals surface area contributed by atoms with Crippen LogP contribution in [0.4, 0.5) is 0 Å². The van der Waals surface area contributed by atoms with E-state index < -0.39 is 17.5 Å². The number of ketones is 1. The molecule has 1 aromatic rings. The van der Waals surface area contributed by atoms with E-state index in [2.05, 4.69) is 0 Å². The Morgan fingerprint density at radius 2 is 1.65 bits per heavy atom. The van der Waals surface area contributed by atoms with Crippen molar-refractivity contribution in [3.63, 3.8) is 0 Å². The maximum absolute atomic E-state index is 12.0. The monoisotopic (exact) mass is 234 g/mol. The van der Waals surface area contributed by atoms with Crippen molar-refractivity contribution in [3.8, 4) is 0 Å². The standard InChI is InChI=1S/C14H18O3/c1-10(13(16)17-14(2,3)4)12(15)11-8-6-5-7-9-11/h5-10H,1-4H3/t10-/m1/s1. The molecule has 0 spiro atoms. The molecule has 0 aliphatic rings. The van der Waals surface area contributed by atoms with E-state index in [1.54, 1.807) is 52.0 Å². The van der Waals surface area contributed by atoms with Gasteiger partial charge in [0.15, 0.2) is 5.78 Å². The lowest BCUT2D eigenvalue weighted by Gasteiger charge is -2.21. The highest BCUT2D eigenvalue weighted by molar-refractivity contribution is 6.08. The number of esters is 1. The van der Waals surface area contributed by atoms with E-state index in [9.17, 15) is 9.59 Å². The van der Waals surface area contributed by atoms with Crippen LogP contribution in [0.3, 0.4) is 0 Å². The van der Waals surface area contributed by atoms with E-state index in [0.29, 0.717) is 5.56 Å². The van der Waals surface area contributed by atoms with E-state index in [-0.39, 0.29) is 5.78 Å². The number of hydrogen-bond acceptors (Lipinski definition) is 3. The van der Waals surface area contributed by atoms with Crippen molar-refractivity contribution < 1.29 is 14.3 Å². The summed E-state index contributed by atoms with van der Waals surface area (Å²) in [4.78, 5) is 23.7. The van der Waals surface area contributed by atoms with Crippen molar-refractivity contribution in [2.24, 2.45) is 5.92 Å². The Balaban J connectivity index is 2.74. The lowest BCUT2D eigenvalue weighted by molar-refractivity contribution is -0.157. The summed E-state index contributed by atoms with van der Waals surface area (Å²) in [5.41, 5.74) is -0.0339. The Morgan fingerprint density at radius 3 is 2.12 bits per heavy atom. The molecule has 0 unspecified atom stereocenters. The molecule has 92 valence electrons. The van der Waals surface area contributed by atoms with Crippen LogP contribution in [0.1, 0.15) is 38.1 Å². The van der Waals surface area contributed by atoms with Crippen molar-refractivity contribution in [1.29, 1.82) is 0 Å². The molecular weight excluding hydrogens is 216 g/mol. The summed E-state index contributed by atoms with van der Waals surface area (Å²) in [5, 5.41) is 0. The third-order valence-corrected chi connectivity index (χ3v) is 2.21. The average Bonchev–Trinajstić information content (AvgIpc) is 2.26. The van der Waals surface area contributed by atoms with Crippen LogP contribution in [0.15, 0.2) is 30.3 Å². The third-order valence-electron chi connectivity index (χ3n) is 2.21. The fourth-order valence-corrected chi connectivity index (χ4v) is 1.35. The Kier molecular flexibility index (Phi) is 4.05. The van der Waals surface area contributed by atoms with E-state index in [1.807, 2.05) is 6.07 Å². The fourth-order valence-electron chi connectivity index (χ4n) is 1.35. The van der Waals surface area contributed by atoms with Gasteiger partial charge in [0.25, 0.3) is 0 Å². The second-order valence-electron chi connectivity index (χ2n) is 4.99. The van der Waals surface area contributed by atoms with Gasteiger partial charge in [-0.2, -0.15) is 0 Å². The molecule has 0 radical (unpaired) electrons. The smallest absolute Gasteiger partial charge is 0.317 e. The Bertz CT molecular complexity index is 401. The molecule has 1 atom stereocenters. The zero-order valence-electron chi connectivity index (χ0n) is 10.7. The van der Waals surface area contributed by atoms with Gasteiger partial charge in [0, 0.05) is 5.56 Å². The molecule has 0 saturated carbocycles. The van der Waals surface area contributed by atoms with Gasteiger partial charge < -0.3 is 4.74 Å². The van der Waals surface area contributed by atoms with Crippen LogP contribution in [-0.4, -0.2) is 17.4 Å². The normalized spacial score (nSPS) is 12.9. The molecule has 0 amide bonds. The molecule has 0 aromatic heterocycles. The Labute approximate surface area is 102 Å². The third kappa shape index (κ3) is 4.02. The molecule has 0 bridgehead atoms. The first-order valence-corrected chi connectivity index (χ1v) is 5.63. The zero-order chi connectivity index (χ0) is 13.1. The van der Waals surface area contributed by atoms with Crippen molar-refractivity contribution >= 4 is 11.8 Å². The minimum atomic E-state index is -0.767. The fraction of sp³-hybridized carbons (Fsp3) is 0.429.